The van der Waals surface area contributed by atoms with Gasteiger partial charge in [0.15, 0.2) is 0 Å². The van der Waals surface area contributed by atoms with Crippen LogP contribution in [0.15, 0.2) is 12.1 Å². The van der Waals surface area contributed by atoms with Gasteiger partial charge < -0.3 is 10.2 Å². The normalized spacial score (nSPS) is 12.5. The van der Waals surface area contributed by atoms with Crippen LogP contribution in [0.5, 0.6) is 5.75 Å². The lowest BCUT2D eigenvalue weighted by molar-refractivity contribution is -0.119. The third-order valence-electron chi connectivity index (χ3n) is 3.87. The van der Waals surface area contributed by atoms with Crippen molar-refractivity contribution < 1.29 is 15.0 Å². The second kappa shape index (κ2) is 6.82. The minimum atomic E-state index is -0.158. The van der Waals surface area contributed by atoms with Crippen LogP contribution in [-0.4, -0.2) is 22.6 Å². The Morgan fingerprint density at radius 3 is 1.77 bits per heavy atom. The number of aliphatic hydroxyl groups is 1. The first kappa shape index (κ1) is 18.7. The number of aryl methyl sites for hydroxylation is 1. The molecule has 0 radical (unpaired) electrons. The molecule has 0 unspecified atom stereocenters. The van der Waals surface area contributed by atoms with E-state index in [0.29, 0.717) is 18.6 Å². The average Bonchev–Trinajstić information content (AvgIpc) is 2.35. The number of phenols is 1. The standard InChI is InChI=1S/C19H30O3/c1-18(2,3)15-11-13(7-8-14(21)9-10-20)12-16(17(15)22)19(4,5)6/h11-12,20,22H,7-10H2,1-6H3. The van der Waals surface area contributed by atoms with Crippen LogP contribution in [0.1, 0.15) is 71.1 Å². The summed E-state index contributed by atoms with van der Waals surface area (Å²) >= 11 is 0. The van der Waals surface area contributed by atoms with Gasteiger partial charge in [0.05, 0.1) is 0 Å². The Hall–Kier alpha value is -1.35. The summed E-state index contributed by atoms with van der Waals surface area (Å²) in [5.74, 6) is 0.440. The first-order valence-corrected chi connectivity index (χ1v) is 7.96. The second-order valence-corrected chi connectivity index (χ2v) is 8.05. The summed E-state index contributed by atoms with van der Waals surface area (Å²) in [6.45, 7) is 12.4. The van der Waals surface area contributed by atoms with Crippen LogP contribution >= 0.6 is 0 Å². The molecule has 0 heterocycles. The van der Waals surface area contributed by atoms with E-state index >= 15 is 0 Å². The first-order chi connectivity index (χ1) is 9.96. The van der Waals surface area contributed by atoms with Crippen LogP contribution in [0.3, 0.4) is 0 Å². The predicted octanol–water partition coefficient (Wildman–Crippen LogP) is 3.87. The fraction of sp³-hybridized carbons (Fsp3) is 0.632. The molecular weight excluding hydrogens is 276 g/mol. The average molecular weight is 306 g/mol. The number of rotatable bonds is 5. The van der Waals surface area contributed by atoms with Crippen molar-refractivity contribution in [1.82, 2.24) is 0 Å². The van der Waals surface area contributed by atoms with Crippen molar-refractivity contribution in [1.29, 1.82) is 0 Å². The molecule has 0 bridgehead atoms. The van der Waals surface area contributed by atoms with Crippen LogP contribution in [-0.2, 0) is 22.0 Å². The molecule has 3 nitrogen and oxygen atoms in total. The summed E-state index contributed by atoms with van der Waals surface area (Å²) in [4.78, 5) is 11.6. The number of hydrogen-bond donors (Lipinski definition) is 2. The van der Waals surface area contributed by atoms with Crippen molar-refractivity contribution in [2.24, 2.45) is 0 Å². The Bertz CT molecular complexity index is 496. The number of Topliss-reactive ketones (excluding diaryl/α,β-unsaturated/α-hetero) is 1. The quantitative estimate of drug-likeness (QED) is 0.868. The van der Waals surface area contributed by atoms with Gasteiger partial charge in [-0.25, -0.2) is 0 Å². The number of aromatic hydroxyl groups is 1. The molecule has 0 aromatic heterocycles. The lowest BCUT2D eigenvalue weighted by Crippen LogP contribution is -2.18. The SMILES string of the molecule is CC(C)(C)c1cc(CCC(=O)CCO)cc(C(C)(C)C)c1O. The Morgan fingerprint density at radius 2 is 1.41 bits per heavy atom. The number of carbonyl (C=O) groups excluding carboxylic acids is 1. The van der Waals surface area contributed by atoms with Gasteiger partial charge in [0.2, 0.25) is 0 Å². The molecule has 0 fully saturated rings. The summed E-state index contributed by atoms with van der Waals surface area (Å²) in [5, 5.41) is 19.5. The van der Waals surface area contributed by atoms with Crippen molar-refractivity contribution >= 4 is 5.78 Å². The summed E-state index contributed by atoms with van der Waals surface area (Å²) in [6.07, 6.45) is 1.29. The van der Waals surface area contributed by atoms with E-state index in [9.17, 15) is 9.90 Å². The van der Waals surface area contributed by atoms with Crippen LogP contribution in [0.4, 0.5) is 0 Å². The molecule has 0 saturated carbocycles. The van der Waals surface area contributed by atoms with Crippen molar-refractivity contribution in [2.75, 3.05) is 6.61 Å². The zero-order valence-electron chi connectivity index (χ0n) is 14.8. The predicted molar refractivity (Wildman–Crippen MR) is 90.5 cm³/mol. The Morgan fingerprint density at radius 1 is 0.955 bits per heavy atom. The molecule has 0 amide bonds. The molecule has 2 N–H and O–H groups in total. The molecule has 0 atom stereocenters. The van der Waals surface area contributed by atoms with Crippen LogP contribution in [0.25, 0.3) is 0 Å². The highest BCUT2D eigenvalue weighted by Crippen LogP contribution is 2.39. The number of phenolic OH excluding ortho intramolecular Hbond substituents is 1. The maximum atomic E-state index is 11.6. The van der Waals surface area contributed by atoms with E-state index in [4.69, 9.17) is 5.11 Å². The lowest BCUT2D eigenvalue weighted by atomic mass is 9.78. The molecule has 1 rings (SSSR count). The van der Waals surface area contributed by atoms with E-state index in [0.717, 1.165) is 16.7 Å². The van der Waals surface area contributed by atoms with Gasteiger partial charge in [-0.2, -0.15) is 0 Å². The molecule has 22 heavy (non-hydrogen) atoms. The Balaban J connectivity index is 3.21. The molecule has 0 spiro atoms. The number of carbonyl (C=O) groups is 1. The zero-order valence-corrected chi connectivity index (χ0v) is 14.8. The Labute approximate surface area is 134 Å². The third-order valence-corrected chi connectivity index (χ3v) is 3.87. The zero-order chi connectivity index (χ0) is 17.1. The van der Waals surface area contributed by atoms with Crippen molar-refractivity contribution in [3.63, 3.8) is 0 Å². The smallest absolute Gasteiger partial charge is 0.135 e. The van der Waals surface area contributed by atoms with E-state index < -0.39 is 0 Å². The molecule has 0 aliphatic rings. The minimum absolute atomic E-state index is 0.0743. The van der Waals surface area contributed by atoms with Crippen molar-refractivity contribution in [2.45, 2.75) is 71.6 Å². The van der Waals surface area contributed by atoms with Crippen LogP contribution in [0, 0.1) is 0 Å². The summed E-state index contributed by atoms with van der Waals surface area (Å²) < 4.78 is 0. The highest BCUT2D eigenvalue weighted by atomic mass is 16.3. The Kier molecular flexibility index (Phi) is 5.80. The van der Waals surface area contributed by atoms with E-state index in [2.05, 4.69) is 41.5 Å². The first-order valence-electron chi connectivity index (χ1n) is 7.96. The maximum Gasteiger partial charge on any atom is 0.135 e. The number of aliphatic hydroxyl groups excluding tert-OH is 1. The monoisotopic (exact) mass is 306 g/mol. The van der Waals surface area contributed by atoms with Gasteiger partial charge in [-0.3, -0.25) is 4.79 Å². The highest BCUT2D eigenvalue weighted by molar-refractivity contribution is 5.78. The summed E-state index contributed by atoms with van der Waals surface area (Å²) in [6, 6.07) is 4.02. The van der Waals surface area contributed by atoms with Crippen molar-refractivity contribution in [3.05, 3.63) is 28.8 Å². The van der Waals surface area contributed by atoms with E-state index in [1.54, 1.807) is 0 Å². The lowest BCUT2D eigenvalue weighted by Gasteiger charge is -2.28. The van der Waals surface area contributed by atoms with Gasteiger partial charge in [-0.15, -0.1) is 0 Å². The van der Waals surface area contributed by atoms with E-state index in [1.165, 1.54) is 0 Å². The van der Waals surface area contributed by atoms with Crippen LogP contribution < -0.4 is 0 Å². The summed E-state index contributed by atoms with van der Waals surface area (Å²) in [7, 11) is 0. The van der Waals surface area contributed by atoms with Gasteiger partial charge >= 0.3 is 0 Å². The molecule has 3 heteroatoms. The molecule has 0 saturated heterocycles. The minimum Gasteiger partial charge on any atom is -0.507 e. The van der Waals surface area contributed by atoms with Gasteiger partial charge in [-0.05, 0) is 33.9 Å². The maximum absolute atomic E-state index is 11.6. The van der Waals surface area contributed by atoms with Gasteiger partial charge in [0.25, 0.3) is 0 Å². The third kappa shape index (κ3) is 4.84. The van der Waals surface area contributed by atoms with Crippen molar-refractivity contribution in [3.8, 4) is 5.75 Å². The topological polar surface area (TPSA) is 57.5 Å². The fourth-order valence-corrected chi connectivity index (χ4v) is 2.52. The molecule has 0 aliphatic heterocycles. The van der Waals surface area contributed by atoms with Gasteiger partial charge in [0.1, 0.15) is 11.5 Å². The van der Waals surface area contributed by atoms with E-state index in [1.807, 2.05) is 12.1 Å². The molecule has 0 aliphatic carbocycles. The largest absolute Gasteiger partial charge is 0.507 e. The molecule has 124 valence electrons. The number of hydrogen-bond acceptors (Lipinski definition) is 3. The molecule has 1 aromatic carbocycles. The molecule has 1 aromatic rings. The van der Waals surface area contributed by atoms with Gasteiger partial charge in [0, 0.05) is 19.4 Å². The fourth-order valence-electron chi connectivity index (χ4n) is 2.52. The van der Waals surface area contributed by atoms with Crippen LogP contribution in [0.2, 0.25) is 0 Å². The number of benzene rings is 1. The summed E-state index contributed by atoms with van der Waals surface area (Å²) in [5.41, 5.74) is 2.60. The highest BCUT2D eigenvalue weighted by Gasteiger charge is 2.26. The van der Waals surface area contributed by atoms with E-state index in [-0.39, 0.29) is 29.6 Å². The van der Waals surface area contributed by atoms with Gasteiger partial charge in [-0.1, -0.05) is 53.7 Å². The second-order valence-electron chi connectivity index (χ2n) is 8.05. The number of ketones is 1. The molecular formula is C19H30O3.